The molecule has 0 radical (unpaired) electrons. The molecule has 6 heteroatoms. The molecule has 5 nitrogen and oxygen atoms in total. The van der Waals surface area contributed by atoms with Gasteiger partial charge in [-0.25, -0.2) is 4.98 Å². The number of methoxy groups -OCH3 is 2. The van der Waals surface area contributed by atoms with Crippen molar-refractivity contribution in [3.63, 3.8) is 0 Å². The Balaban J connectivity index is 2.28. The molecule has 112 valence electrons. The third-order valence-electron chi connectivity index (χ3n) is 2.91. The van der Waals surface area contributed by atoms with Gasteiger partial charge in [0.2, 0.25) is 11.8 Å². The van der Waals surface area contributed by atoms with Gasteiger partial charge in [-0.05, 0) is 23.4 Å². The Labute approximate surface area is 128 Å². The Morgan fingerprint density at radius 1 is 1.19 bits per heavy atom. The fourth-order valence-electron chi connectivity index (χ4n) is 1.87. The van der Waals surface area contributed by atoms with Crippen LogP contribution in [0.25, 0.3) is 0 Å². The minimum absolute atomic E-state index is 0.258. The summed E-state index contributed by atoms with van der Waals surface area (Å²) in [6, 6.07) is 7.73. The molecule has 2 rings (SSSR count). The summed E-state index contributed by atoms with van der Waals surface area (Å²) in [5.41, 5.74) is 1.11. The molecular weight excluding hydrogens is 288 g/mol. The minimum Gasteiger partial charge on any atom is -0.480 e. The fourth-order valence-corrected chi connectivity index (χ4v) is 2.54. The lowest BCUT2D eigenvalue weighted by Gasteiger charge is -2.14. The number of aliphatic hydroxyl groups is 1. The molecule has 0 saturated heterocycles. The summed E-state index contributed by atoms with van der Waals surface area (Å²) < 4.78 is 10.2. The van der Waals surface area contributed by atoms with Crippen molar-refractivity contribution in [1.29, 1.82) is 0 Å². The topological polar surface area (TPSA) is 64.5 Å². The molecule has 0 amide bonds. The third-order valence-corrected chi connectivity index (χ3v) is 3.81. The SMILES string of the molecule is CCSc1ccc(C(O)c2ncc(OC)nc2OC)cc1. The minimum atomic E-state index is -0.890. The van der Waals surface area contributed by atoms with Crippen molar-refractivity contribution in [3.05, 3.63) is 41.7 Å². The van der Waals surface area contributed by atoms with E-state index in [0.717, 1.165) is 11.3 Å². The van der Waals surface area contributed by atoms with E-state index in [2.05, 4.69) is 16.9 Å². The van der Waals surface area contributed by atoms with E-state index < -0.39 is 6.10 Å². The molecule has 2 aromatic rings. The highest BCUT2D eigenvalue weighted by Gasteiger charge is 2.19. The summed E-state index contributed by atoms with van der Waals surface area (Å²) in [7, 11) is 2.99. The standard InChI is InChI=1S/C15H18N2O3S/c1-4-21-11-7-5-10(6-8-11)14(18)13-15(20-3)17-12(19-2)9-16-13/h5-9,14,18H,4H2,1-3H3. The molecule has 0 fully saturated rings. The number of hydrogen-bond acceptors (Lipinski definition) is 6. The van der Waals surface area contributed by atoms with E-state index in [9.17, 15) is 5.11 Å². The van der Waals surface area contributed by atoms with Crippen LogP contribution in [-0.2, 0) is 0 Å². The summed E-state index contributed by atoms with van der Waals surface area (Å²) >= 11 is 1.75. The highest BCUT2D eigenvalue weighted by Crippen LogP contribution is 2.29. The number of aliphatic hydroxyl groups excluding tert-OH is 1. The number of rotatable bonds is 6. The van der Waals surface area contributed by atoms with Crippen LogP contribution in [0.1, 0.15) is 24.3 Å². The van der Waals surface area contributed by atoms with E-state index in [0.29, 0.717) is 11.6 Å². The summed E-state index contributed by atoms with van der Waals surface area (Å²) in [6.07, 6.45) is 0.571. The molecule has 0 aliphatic heterocycles. The van der Waals surface area contributed by atoms with Crippen molar-refractivity contribution in [3.8, 4) is 11.8 Å². The first-order valence-electron chi connectivity index (χ1n) is 6.55. The van der Waals surface area contributed by atoms with Gasteiger partial charge in [0, 0.05) is 4.90 Å². The average Bonchev–Trinajstić information content (AvgIpc) is 2.54. The number of aromatic nitrogens is 2. The Bertz CT molecular complexity index is 590. The summed E-state index contributed by atoms with van der Waals surface area (Å²) in [6.45, 7) is 2.10. The number of benzene rings is 1. The third kappa shape index (κ3) is 3.65. The van der Waals surface area contributed by atoms with Crippen LogP contribution < -0.4 is 9.47 Å². The monoisotopic (exact) mass is 306 g/mol. The van der Waals surface area contributed by atoms with Crippen LogP contribution in [0.5, 0.6) is 11.8 Å². The van der Waals surface area contributed by atoms with Gasteiger partial charge in [0.25, 0.3) is 0 Å². The van der Waals surface area contributed by atoms with E-state index in [-0.39, 0.29) is 5.88 Å². The van der Waals surface area contributed by atoms with Gasteiger partial charge in [-0.1, -0.05) is 19.1 Å². The van der Waals surface area contributed by atoms with Gasteiger partial charge in [-0.3, -0.25) is 0 Å². The van der Waals surface area contributed by atoms with Crippen LogP contribution in [0.3, 0.4) is 0 Å². The van der Waals surface area contributed by atoms with E-state index >= 15 is 0 Å². The lowest BCUT2D eigenvalue weighted by atomic mass is 10.1. The molecule has 1 N–H and O–H groups in total. The maximum Gasteiger partial charge on any atom is 0.241 e. The van der Waals surface area contributed by atoms with E-state index in [1.54, 1.807) is 11.8 Å². The molecule has 0 spiro atoms. The molecule has 0 saturated carbocycles. The molecule has 0 bridgehead atoms. The van der Waals surface area contributed by atoms with Crippen LogP contribution in [0.15, 0.2) is 35.4 Å². The van der Waals surface area contributed by atoms with E-state index in [4.69, 9.17) is 9.47 Å². The largest absolute Gasteiger partial charge is 0.480 e. The Hall–Kier alpha value is -1.79. The summed E-state index contributed by atoms with van der Waals surface area (Å²) in [5.74, 6) is 1.62. The molecule has 1 atom stereocenters. The lowest BCUT2D eigenvalue weighted by Crippen LogP contribution is -2.07. The first-order chi connectivity index (χ1) is 10.2. The maximum atomic E-state index is 10.5. The van der Waals surface area contributed by atoms with Crippen LogP contribution in [-0.4, -0.2) is 35.0 Å². The zero-order chi connectivity index (χ0) is 15.2. The quantitative estimate of drug-likeness (QED) is 0.828. The van der Waals surface area contributed by atoms with Gasteiger partial charge in [0.1, 0.15) is 11.8 Å². The molecule has 1 heterocycles. The van der Waals surface area contributed by atoms with E-state index in [1.165, 1.54) is 25.3 Å². The van der Waals surface area contributed by atoms with Crippen LogP contribution in [0, 0.1) is 0 Å². The van der Waals surface area contributed by atoms with Gasteiger partial charge in [-0.2, -0.15) is 4.98 Å². The maximum absolute atomic E-state index is 10.5. The lowest BCUT2D eigenvalue weighted by molar-refractivity contribution is 0.206. The van der Waals surface area contributed by atoms with Crippen molar-refractivity contribution in [2.24, 2.45) is 0 Å². The van der Waals surface area contributed by atoms with Crippen molar-refractivity contribution in [2.45, 2.75) is 17.9 Å². The number of nitrogens with zero attached hydrogens (tertiary/aromatic N) is 2. The molecule has 21 heavy (non-hydrogen) atoms. The molecule has 1 aromatic carbocycles. The first-order valence-corrected chi connectivity index (χ1v) is 7.53. The zero-order valence-corrected chi connectivity index (χ0v) is 13.1. The van der Waals surface area contributed by atoms with Crippen molar-refractivity contribution in [2.75, 3.05) is 20.0 Å². The molecule has 0 aliphatic carbocycles. The highest BCUT2D eigenvalue weighted by atomic mass is 32.2. The Morgan fingerprint density at radius 3 is 2.48 bits per heavy atom. The van der Waals surface area contributed by atoms with Crippen LogP contribution in [0.4, 0.5) is 0 Å². The number of thioether (sulfide) groups is 1. The second-order valence-electron chi connectivity index (χ2n) is 4.21. The molecular formula is C15H18N2O3S. The second kappa shape index (κ2) is 7.28. The van der Waals surface area contributed by atoms with Gasteiger partial charge in [0.15, 0.2) is 0 Å². The predicted octanol–water partition coefficient (Wildman–Crippen LogP) is 2.69. The van der Waals surface area contributed by atoms with Crippen molar-refractivity contribution >= 4 is 11.8 Å². The number of ether oxygens (including phenoxy) is 2. The number of hydrogen-bond donors (Lipinski definition) is 1. The van der Waals surface area contributed by atoms with Crippen LogP contribution >= 0.6 is 11.8 Å². The van der Waals surface area contributed by atoms with Crippen LogP contribution in [0.2, 0.25) is 0 Å². The van der Waals surface area contributed by atoms with Gasteiger partial charge in [-0.15, -0.1) is 11.8 Å². The molecule has 0 aliphatic rings. The Morgan fingerprint density at radius 2 is 1.90 bits per heavy atom. The van der Waals surface area contributed by atoms with Crippen molar-refractivity contribution in [1.82, 2.24) is 9.97 Å². The second-order valence-corrected chi connectivity index (χ2v) is 5.55. The van der Waals surface area contributed by atoms with Crippen molar-refractivity contribution < 1.29 is 14.6 Å². The summed E-state index contributed by atoms with van der Waals surface area (Å²) in [4.78, 5) is 9.49. The normalized spacial score (nSPS) is 12.0. The summed E-state index contributed by atoms with van der Waals surface area (Å²) in [5, 5.41) is 10.5. The predicted molar refractivity (Wildman–Crippen MR) is 82.0 cm³/mol. The van der Waals surface area contributed by atoms with Gasteiger partial charge < -0.3 is 14.6 Å². The first kappa shape index (κ1) is 15.6. The molecule has 1 unspecified atom stereocenters. The van der Waals surface area contributed by atoms with E-state index in [1.807, 2.05) is 24.3 Å². The smallest absolute Gasteiger partial charge is 0.241 e. The van der Waals surface area contributed by atoms with Gasteiger partial charge >= 0.3 is 0 Å². The zero-order valence-electron chi connectivity index (χ0n) is 12.2. The fraction of sp³-hybridized carbons (Fsp3) is 0.333. The molecule has 1 aromatic heterocycles. The van der Waals surface area contributed by atoms with Gasteiger partial charge in [0.05, 0.1) is 20.4 Å². The Kier molecular flexibility index (Phi) is 5.41. The average molecular weight is 306 g/mol. The highest BCUT2D eigenvalue weighted by molar-refractivity contribution is 7.99.